The number of benzene rings is 1. The van der Waals surface area contributed by atoms with Crippen LogP contribution < -0.4 is 10.2 Å². The number of pyridine rings is 1. The van der Waals surface area contributed by atoms with Crippen LogP contribution >= 0.6 is 0 Å². The lowest BCUT2D eigenvalue weighted by Gasteiger charge is -2.34. The van der Waals surface area contributed by atoms with Crippen molar-refractivity contribution in [3.05, 3.63) is 59.9 Å². The average Bonchev–Trinajstić information content (AvgIpc) is 3.30. The van der Waals surface area contributed by atoms with Gasteiger partial charge in [0.2, 0.25) is 0 Å². The predicted molar refractivity (Wildman–Crippen MR) is 109 cm³/mol. The van der Waals surface area contributed by atoms with Crippen molar-refractivity contribution in [1.29, 1.82) is 0 Å². The Labute approximate surface area is 164 Å². The van der Waals surface area contributed by atoms with Gasteiger partial charge in [0.05, 0.1) is 12.7 Å². The van der Waals surface area contributed by atoms with Crippen LogP contribution in [0.4, 0.5) is 5.69 Å². The molecular weight excluding hydrogens is 352 g/mol. The lowest BCUT2D eigenvalue weighted by Crippen LogP contribution is -2.51. The Morgan fingerprint density at radius 3 is 2.61 bits per heavy atom. The topological polar surface area (TPSA) is 59.4 Å². The fraction of sp³-hybridized carbons (Fsp3) is 0.364. The molecule has 1 aromatic carbocycles. The highest BCUT2D eigenvalue weighted by Gasteiger charge is 2.32. The van der Waals surface area contributed by atoms with E-state index < -0.39 is 0 Å². The molecule has 2 aliphatic rings. The monoisotopic (exact) mass is 376 g/mol. The van der Waals surface area contributed by atoms with E-state index in [4.69, 9.17) is 4.74 Å². The molecule has 2 bridgehead atoms. The third-order valence-corrected chi connectivity index (χ3v) is 5.92. The second kappa shape index (κ2) is 6.95. The summed E-state index contributed by atoms with van der Waals surface area (Å²) in [5.41, 5.74) is 3.97. The molecule has 0 amide bonds. The number of nitrogens with zero attached hydrogens (tertiary/aromatic N) is 3. The van der Waals surface area contributed by atoms with Crippen molar-refractivity contribution in [3.8, 4) is 0 Å². The van der Waals surface area contributed by atoms with E-state index in [1.54, 1.807) is 0 Å². The van der Waals surface area contributed by atoms with Crippen LogP contribution in [0.25, 0.3) is 11.0 Å². The molecule has 1 N–H and O–H groups in total. The van der Waals surface area contributed by atoms with Gasteiger partial charge in [0, 0.05) is 55.2 Å². The standard InChI is InChI=1S/C22H24N4O2/c1-28-22(27)16-4-2-15(3-5-16)12-25-11-9-19-20(8-10-23-21(19)25)26-13-17-6-7-18(14-26)24-17/h2-5,8-11,17-18,24H,6-7,12-14H2,1H3/t17-,18+. The van der Waals surface area contributed by atoms with E-state index in [2.05, 4.69) is 38.1 Å². The van der Waals surface area contributed by atoms with Gasteiger partial charge in [-0.25, -0.2) is 9.78 Å². The Balaban J connectivity index is 1.41. The Morgan fingerprint density at radius 2 is 1.89 bits per heavy atom. The maximum absolute atomic E-state index is 11.6. The van der Waals surface area contributed by atoms with E-state index in [9.17, 15) is 4.79 Å². The number of carbonyl (C=O) groups is 1. The minimum absolute atomic E-state index is 0.311. The third-order valence-electron chi connectivity index (χ3n) is 5.92. The maximum atomic E-state index is 11.6. The van der Waals surface area contributed by atoms with Crippen molar-refractivity contribution < 1.29 is 9.53 Å². The highest BCUT2D eigenvalue weighted by atomic mass is 16.5. The number of aromatic nitrogens is 2. The fourth-order valence-corrected chi connectivity index (χ4v) is 4.53. The van der Waals surface area contributed by atoms with Crippen molar-refractivity contribution in [3.63, 3.8) is 0 Å². The van der Waals surface area contributed by atoms with E-state index in [-0.39, 0.29) is 5.97 Å². The van der Waals surface area contributed by atoms with Crippen LogP contribution in [0.1, 0.15) is 28.8 Å². The number of piperazine rings is 1. The first kappa shape index (κ1) is 17.3. The summed E-state index contributed by atoms with van der Waals surface area (Å²) in [5.74, 6) is -0.311. The molecule has 0 spiro atoms. The molecule has 0 radical (unpaired) electrons. The van der Waals surface area contributed by atoms with Crippen molar-refractivity contribution in [2.45, 2.75) is 31.5 Å². The van der Waals surface area contributed by atoms with Crippen molar-refractivity contribution in [1.82, 2.24) is 14.9 Å². The molecule has 5 rings (SSSR count). The molecule has 144 valence electrons. The molecule has 2 saturated heterocycles. The Kier molecular flexibility index (Phi) is 4.28. The molecule has 2 fully saturated rings. The number of ether oxygens (including phenoxy) is 1. The number of nitrogens with one attached hydrogen (secondary N) is 1. The van der Waals surface area contributed by atoms with Crippen LogP contribution in [-0.2, 0) is 11.3 Å². The zero-order valence-corrected chi connectivity index (χ0v) is 16.0. The molecule has 6 heteroatoms. The van der Waals surface area contributed by atoms with Gasteiger partial charge in [-0.3, -0.25) is 0 Å². The summed E-state index contributed by atoms with van der Waals surface area (Å²) in [5, 5.41) is 4.90. The van der Waals surface area contributed by atoms with Crippen LogP contribution in [0.3, 0.4) is 0 Å². The highest BCUT2D eigenvalue weighted by Crippen LogP contribution is 2.31. The van der Waals surface area contributed by atoms with E-state index in [1.165, 1.54) is 31.0 Å². The number of esters is 1. The van der Waals surface area contributed by atoms with Gasteiger partial charge in [0.25, 0.3) is 0 Å². The number of carbonyl (C=O) groups excluding carboxylic acids is 1. The number of rotatable bonds is 4. The minimum atomic E-state index is -0.311. The van der Waals surface area contributed by atoms with Gasteiger partial charge in [-0.2, -0.15) is 0 Å². The molecule has 0 unspecified atom stereocenters. The quantitative estimate of drug-likeness (QED) is 0.710. The van der Waals surface area contributed by atoms with Gasteiger partial charge < -0.3 is 19.5 Å². The summed E-state index contributed by atoms with van der Waals surface area (Å²) in [4.78, 5) is 18.8. The van der Waals surface area contributed by atoms with Gasteiger partial charge in [-0.1, -0.05) is 12.1 Å². The maximum Gasteiger partial charge on any atom is 0.337 e. The van der Waals surface area contributed by atoms with Crippen molar-refractivity contribution >= 4 is 22.7 Å². The summed E-state index contributed by atoms with van der Waals surface area (Å²) in [6.07, 6.45) is 6.57. The average molecular weight is 376 g/mol. The predicted octanol–water partition coefficient (Wildman–Crippen LogP) is 2.81. The number of hydrogen-bond acceptors (Lipinski definition) is 5. The second-order valence-corrected chi connectivity index (χ2v) is 7.74. The van der Waals surface area contributed by atoms with Gasteiger partial charge in [0.1, 0.15) is 5.65 Å². The number of hydrogen-bond donors (Lipinski definition) is 1. The zero-order chi connectivity index (χ0) is 19.1. The number of anilines is 1. The van der Waals surface area contributed by atoms with Crippen molar-refractivity contribution in [2.24, 2.45) is 0 Å². The van der Waals surface area contributed by atoms with Crippen LogP contribution in [-0.4, -0.2) is 47.8 Å². The molecule has 2 aliphatic heterocycles. The normalized spacial score (nSPS) is 21.2. The first-order valence-corrected chi connectivity index (χ1v) is 9.83. The fourth-order valence-electron chi connectivity index (χ4n) is 4.53. The number of methoxy groups -OCH3 is 1. The molecule has 3 aromatic rings. The van der Waals surface area contributed by atoms with E-state index in [0.29, 0.717) is 24.2 Å². The molecule has 2 atom stereocenters. The molecule has 2 aromatic heterocycles. The van der Waals surface area contributed by atoms with E-state index >= 15 is 0 Å². The van der Waals surface area contributed by atoms with Gasteiger partial charge in [-0.05, 0) is 42.7 Å². The second-order valence-electron chi connectivity index (χ2n) is 7.74. The minimum Gasteiger partial charge on any atom is -0.465 e. The molecular formula is C22H24N4O2. The van der Waals surface area contributed by atoms with E-state index in [1.807, 2.05) is 30.5 Å². The van der Waals surface area contributed by atoms with Gasteiger partial charge in [0.15, 0.2) is 0 Å². The molecule has 6 nitrogen and oxygen atoms in total. The molecule has 4 heterocycles. The largest absolute Gasteiger partial charge is 0.465 e. The highest BCUT2D eigenvalue weighted by molar-refractivity contribution is 5.90. The molecule has 0 saturated carbocycles. The molecule has 0 aliphatic carbocycles. The summed E-state index contributed by atoms with van der Waals surface area (Å²) >= 11 is 0. The zero-order valence-electron chi connectivity index (χ0n) is 16.0. The van der Waals surface area contributed by atoms with Crippen LogP contribution in [0.2, 0.25) is 0 Å². The summed E-state index contributed by atoms with van der Waals surface area (Å²) in [6, 6.07) is 13.1. The SMILES string of the molecule is COC(=O)c1ccc(Cn2ccc3c(N4C[C@H]5CC[C@@H](C4)N5)ccnc32)cc1. The summed E-state index contributed by atoms with van der Waals surface area (Å²) in [6.45, 7) is 2.85. The first-order valence-electron chi connectivity index (χ1n) is 9.83. The summed E-state index contributed by atoms with van der Waals surface area (Å²) < 4.78 is 6.94. The molecule has 28 heavy (non-hydrogen) atoms. The van der Waals surface area contributed by atoms with Crippen LogP contribution in [0.5, 0.6) is 0 Å². The third kappa shape index (κ3) is 3.03. The van der Waals surface area contributed by atoms with Gasteiger partial charge >= 0.3 is 5.97 Å². The Hall–Kier alpha value is -2.86. The number of fused-ring (bicyclic) bond motifs is 3. The van der Waals surface area contributed by atoms with Crippen molar-refractivity contribution in [2.75, 3.05) is 25.1 Å². The van der Waals surface area contributed by atoms with Crippen LogP contribution in [0.15, 0.2) is 48.8 Å². The van der Waals surface area contributed by atoms with E-state index in [0.717, 1.165) is 24.3 Å². The first-order chi connectivity index (χ1) is 13.7. The Bertz CT molecular complexity index is 999. The van der Waals surface area contributed by atoms with Gasteiger partial charge in [-0.15, -0.1) is 0 Å². The lowest BCUT2D eigenvalue weighted by atomic mass is 10.1. The van der Waals surface area contributed by atoms with Crippen LogP contribution in [0, 0.1) is 0 Å². The Morgan fingerprint density at radius 1 is 1.14 bits per heavy atom. The lowest BCUT2D eigenvalue weighted by molar-refractivity contribution is 0.0600. The summed E-state index contributed by atoms with van der Waals surface area (Å²) in [7, 11) is 1.40. The smallest absolute Gasteiger partial charge is 0.337 e.